The molecule has 0 radical (unpaired) electrons. The first-order chi connectivity index (χ1) is 15.5. The molecule has 0 aliphatic carbocycles. The Morgan fingerprint density at radius 3 is 2.19 bits per heavy atom. The van der Waals surface area contributed by atoms with Crippen LogP contribution in [-0.4, -0.2) is 16.8 Å². The van der Waals surface area contributed by atoms with Crippen LogP contribution in [0.3, 0.4) is 0 Å². The zero-order valence-electron chi connectivity index (χ0n) is 17.1. The first-order valence-electron chi connectivity index (χ1n) is 9.95. The summed E-state index contributed by atoms with van der Waals surface area (Å²) >= 11 is 0. The van der Waals surface area contributed by atoms with Gasteiger partial charge in [-0.2, -0.15) is 0 Å². The summed E-state index contributed by atoms with van der Waals surface area (Å²) in [5, 5.41) is 3.19. The van der Waals surface area contributed by atoms with Crippen molar-refractivity contribution >= 4 is 22.7 Å². The predicted molar refractivity (Wildman–Crippen MR) is 123 cm³/mol. The third-order valence-corrected chi connectivity index (χ3v) is 5.21. The molecule has 160 valence electrons. The van der Waals surface area contributed by atoms with Crippen molar-refractivity contribution in [3.63, 3.8) is 0 Å². The highest BCUT2D eigenvalue weighted by molar-refractivity contribution is 6.10. The summed E-state index contributed by atoms with van der Waals surface area (Å²) in [5.74, 6) is -0.876. The molecule has 1 aliphatic rings. The topological polar surface area (TPSA) is 114 Å². The van der Waals surface area contributed by atoms with Crippen molar-refractivity contribution < 1.29 is 14.0 Å². The largest absolute Gasteiger partial charge is 0.366 e. The fraction of sp³-hybridized carbons (Fsp3) is 0.0400. The molecule has 0 bridgehead atoms. The fourth-order valence-electron chi connectivity index (χ4n) is 3.60. The molecular formula is C25H21FN4O2. The molecule has 0 unspecified atom stereocenters. The minimum absolute atomic E-state index is 0.00463. The Hall–Kier alpha value is -4.23. The molecule has 0 saturated heterocycles. The van der Waals surface area contributed by atoms with Gasteiger partial charge in [-0.15, -0.1) is 0 Å². The number of fused-ring (bicyclic) bond motifs is 1. The van der Waals surface area contributed by atoms with E-state index >= 15 is 0 Å². The molecule has 7 heteroatoms. The van der Waals surface area contributed by atoms with Gasteiger partial charge in [0.1, 0.15) is 5.82 Å². The molecule has 6 N–H and O–H groups in total. The third-order valence-electron chi connectivity index (χ3n) is 5.21. The number of amides is 2. The Balaban J connectivity index is 0.000000433. The zero-order chi connectivity index (χ0) is 22.7. The number of hydrogen-bond donors (Lipinski definition) is 4. The van der Waals surface area contributed by atoms with Crippen LogP contribution in [0.4, 0.5) is 4.39 Å². The maximum Gasteiger partial charge on any atom is 0.250 e. The van der Waals surface area contributed by atoms with E-state index in [4.69, 9.17) is 11.5 Å². The third kappa shape index (κ3) is 4.01. The Bertz CT molecular complexity index is 1360. The molecule has 0 atom stereocenters. The number of H-pyrrole nitrogens is 1. The molecular weight excluding hydrogens is 407 g/mol. The van der Waals surface area contributed by atoms with Crippen molar-refractivity contribution in [3.8, 4) is 22.4 Å². The Morgan fingerprint density at radius 2 is 1.59 bits per heavy atom. The van der Waals surface area contributed by atoms with E-state index in [0.29, 0.717) is 28.9 Å². The van der Waals surface area contributed by atoms with Crippen LogP contribution in [0.25, 0.3) is 33.3 Å². The van der Waals surface area contributed by atoms with Crippen LogP contribution < -0.4 is 16.8 Å². The monoisotopic (exact) mass is 428 g/mol. The Labute approximate surface area is 183 Å². The van der Waals surface area contributed by atoms with E-state index in [2.05, 4.69) is 10.3 Å². The molecule has 6 nitrogen and oxygen atoms in total. The number of halogens is 1. The van der Waals surface area contributed by atoms with Gasteiger partial charge < -0.3 is 21.8 Å². The van der Waals surface area contributed by atoms with Gasteiger partial charge in [-0.05, 0) is 41.0 Å². The maximum absolute atomic E-state index is 14.3. The summed E-state index contributed by atoms with van der Waals surface area (Å²) < 4.78 is 14.3. The number of aromatic amines is 1. The summed E-state index contributed by atoms with van der Waals surface area (Å²) in [6, 6.07) is 19.7. The number of rotatable bonds is 4. The number of hydrogen-bond acceptors (Lipinski definition) is 3. The van der Waals surface area contributed by atoms with Crippen LogP contribution in [0, 0.1) is 5.82 Å². The van der Waals surface area contributed by atoms with Crippen LogP contribution in [0.2, 0.25) is 0 Å². The number of nitrogens with one attached hydrogen (secondary N) is 2. The van der Waals surface area contributed by atoms with E-state index in [9.17, 15) is 14.0 Å². The number of nitrogens with two attached hydrogens (primary N) is 2. The summed E-state index contributed by atoms with van der Waals surface area (Å²) in [4.78, 5) is 24.8. The number of carbonyl (C=O) groups excluding carboxylic acids is 2. The highest BCUT2D eigenvalue weighted by Gasteiger charge is 2.17. The molecule has 32 heavy (non-hydrogen) atoms. The van der Waals surface area contributed by atoms with Gasteiger partial charge in [-0.25, -0.2) is 4.39 Å². The van der Waals surface area contributed by atoms with Gasteiger partial charge in [-0.3, -0.25) is 9.59 Å². The van der Waals surface area contributed by atoms with Gasteiger partial charge in [0.15, 0.2) is 0 Å². The lowest BCUT2D eigenvalue weighted by Gasteiger charge is -2.10. The molecule has 5 rings (SSSR count). The molecule has 0 fully saturated rings. The molecule has 4 aromatic rings. The molecule has 1 aliphatic heterocycles. The SMILES string of the molecule is NCc1ccccc1-c1ccc(C(N)=O)c2[nH]c(-c3ccccc3F)cc12.O=C1C=CN1. The van der Waals surface area contributed by atoms with Gasteiger partial charge >= 0.3 is 0 Å². The summed E-state index contributed by atoms with van der Waals surface area (Å²) in [6.45, 7) is 0.389. The summed E-state index contributed by atoms with van der Waals surface area (Å²) in [6.07, 6.45) is 3.07. The number of primary amides is 1. The average molecular weight is 428 g/mol. The van der Waals surface area contributed by atoms with E-state index in [1.807, 2.05) is 36.4 Å². The van der Waals surface area contributed by atoms with E-state index < -0.39 is 5.91 Å². The second-order valence-electron chi connectivity index (χ2n) is 7.18. The van der Waals surface area contributed by atoms with Crippen molar-refractivity contribution in [2.24, 2.45) is 11.5 Å². The molecule has 1 aromatic heterocycles. The van der Waals surface area contributed by atoms with Gasteiger partial charge in [0.25, 0.3) is 5.91 Å². The quantitative estimate of drug-likeness (QED) is 0.396. The van der Waals surface area contributed by atoms with Crippen molar-refractivity contribution in [1.82, 2.24) is 10.3 Å². The second-order valence-corrected chi connectivity index (χ2v) is 7.18. The van der Waals surface area contributed by atoms with Crippen LogP contribution in [0.5, 0.6) is 0 Å². The second kappa shape index (κ2) is 8.87. The first-order valence-corrected chi connectivity index (χ1v) is 9.95. The molecule has 2 heterocycles. The predicted octanol–water partition coefficient (Wildman–Crippen LogP) is 3.83. The van der Waals surface area contributed by atoms with Crippen molar-refractivity contribution in [2.45, 2.75) is 6.54 Å². The van der Waals surface area contributed by atoms with E-state index in [0.717, 1.165) is 22.1 Å². The number of carbonyl (C=O) groups is 2. The number of aromatic nitrogens is 1. The molecule has 2 amide bonds. The normalized spacial score (nSPS) is 12.0. The molecule has 3 aromatic carbocycles. The number of benzene rings is 3. The first kappa shape index (κ1) is 21.0. The van der Waals surface area contributed by atoms with E-state index in [1.54, 1.807) is 30.5 Å². The standard InChI is InChI=1S/C22H18FN3O.C3H3NO/c23-19-8-4-3-7-16(19)20-11-18-15(14-6-2-1-5-13(14)12-24)9-10-17(22(25)27)21(18)26-20;5-3-1-2-4-3/h1-11,26H,12,24H2,(H2,25,27);1-2H,(H,4,5). The maximum atomic E-state index is 14.3. The Morgan fingerprint density at radius 1 is 0.938 bits per heavy atom. The smallest absolute Gasteiger partial charge is 0.250 e. The Kier molecular flexibility index (Phi) is 5.83. The van der Waals surface area contributed by atoms with Gasteiger partial charge in [-0.1, -0.05) is 42.5 Å². The van der Waals surface area contributed by atoms with Crippen LogP contribution in [0.15, 0.2) is 79.0 Å². The van der Waals surface area contributed by atoms with E-state index in [-0.39, 0.29) is 11.7 Å². The van der Waals surface area contributed by atoms with Gasteiger partial charge in [0, 0.05) is 35.5 Å². The zero-order valence-corrected chi connectivity index (χ0v) is 17.1. The summed E-state index contributed by atoms with van der Waals surface area (Å²) in [7, 11) is 0. The highest BCUT2D eigenvalue weighted by Crippen LogP contribution is 2.36. The summed E-state index contributed by atoms with van der Waals surface area (Å²) in [5.41, 5.74) is 16.3. The highest BCUT2D eigenvalue weighted by atomic mass is 19.1. The fourth-order valence-corrected chi connectivity index (χ4v) is 3.60. The average Bonchev–Trinajstić information content (AvgIpc) is 3.22. The minimum atomic E-state index is -0.541. The van der Waals surface area contributed by atoms with Crippen molar-refractivity contribution in [3.05, 3.63) is 96.0 Å². The van der Waals surface area contributed by atoms with Crippen LogP contribution in [0.1, 0.15) is 15.9 Å². The lowest BCUT2D eigenvalue weighted by Crippen LogP contribution is -2.22. The molecule has 0 spiro atoms. The van der Waals surface area contributed by atoms with Crippen molar-refractivity contribution in [2.75, 3.05) is 0 Å². The molecule has 0 saturated carbocycles. The van der Waals surface area contributed by atoms with Gasteiger partial charge in [0.2, 0.25) is 5.91 Å². The lowest BCUT2D eigenvalue weighted by molar-refractivity contribution is -0.117. The van der Waals surface area contributed by atoms with E-state index in [1.165, 1.54) is 12.1 Å². The minimum Gasteiger partial charge on any atom is -0.366 e. The lowest BCUT2D eigenvalue weighted by atomic mass is 9.95. The van der Waals surface area contributed by atoms with Gasteiger partial charge in [0.05, 0.1) is 11.1 Å². The van der Waals surface area contributed by atoms with Crippen LogP contribution >= 0.6 is 0 Å². The van der Waals surface area contributed by atoms with Crippen LogP contribution in [-0.2, 0) is 11.3 Å². The van der Waals surface area contributed by atoms with Crippen molar-refractivity contribution in [1.29, 1.82) is 0 Å².